The zero-order valence-corrected chi connectivity index (χ0v) is 14.2. The summed E-state index contributed by atoms with van der Waals surface area (Å²) in [6.45, 7) is 4.12. The van der Waals surface area contributed by atoms with Crippen LogP contribution in [-0.4, -0.2) is 11.1 Å². The van der Waals surface area contributed by atoms with Gasteiger partial charge in [0.05, 0.1) is 5.56 Å². The van der Waals surface area contributed by atoms with Gasteiger partial charge in [0.25, 0.3) is 0 Å². The molecule has 0 spiro atoms. The Hall–Kier alpha value is -2.26. The summed E-state index contributed by atoms with van der Waals surface area (Å²) in [4.78, 5) is 11.9. The molecule has 0 aliphatic carbocycles. The largest absolute Gasteiger partial charge is 0.478 e. The lowest BCUT2D eigenvalue weighted by Crippen LogP contribution is -1.94. The summed E-state index contributed by atoms with van der Waals surface area (Å²) in [6, 6.07) is 15.2. The van der Waals surface area contributed by atoms with Crippen molar-refractivity contribution >= 4 is 30.8 Å². The van der Waals surface area contributed by atoms with E-state index < -0.39 is 5.97 Å². The Labute approximate surface area is 142 Å². The van der Waals surface area contributed by atoms with Crippen LogP contribution in [0, 0.1) is 0 Å². The minimum Gasteiger partial charge on any atom is -0.478 e. The molecule has 0 radical (unpaired) electrons. The molecule has 0 aromatic heterocycles. The van der Waals surface area contributed by atoms with E-state index >= 15 is 0 Å². The molecule has 23 heavy (non-hydrogen) atoms. The Morgan fingerprint density at radius 3 is 2.30 bits per heavy atom. The van der Waals surface area contributed by atoms with Gasteiger partial charge in [-0.05, 0) is 47.6 Å². The van der Waals surface area contributed by atoms with Crippen LogP contribution in [0.25, 0.3) is 12.2 Å². The number of carbonyl (C=O) groups is 1. The molecule has 0 aliphatic rings. The quantitative estimate of drug-likeness (QED) is 0.577. The number of benzene rings is 2. The minimum absolute atomic E-state index is 0.298. The predicted octanol–water partition coefficient (Wildman–Crippen LogP) is 5.32. The molecule has 3 heteroatoms. The van der Waals surface area contributed by atoms with Crippen LogP contribution < -0.4 is 0 Å². The number of hydrogen-bond acceptors (Lipinski definition) is 2. The van der Waals surface area contributed by atoms with Gasteiger partial charge in [0, 0.05) is 6.42 Å². The van der Waals surface area contributed by atoms with Crippen molar-refractivity contribution in [2.24, 2.45) is 0 Å². The van der Waals surface area contributed by atoms with E-state index in [1.165, 1.54) is 11.1 Å². The fourth-order valence-corrected chi connectivity index (χ4v) is 2.29. The van der Waals surface area contributed by atoms with E-state index in [0.717, 1.165) is 22.5 Å². The van der Waals surface area contributed by atoms with Gasteiger partial charge in [-0.15, -0.1) is 12.6 Å². The number of carboxylic acids is 1. The fourth-order valence-electron chi connectivity index (χ4n) is 2.11. The van der Waals surface area contributed by atoms with E-state index in [0.29, 0.717) is 5.56 Å². The molecule has 2 nitrogen and oxygen atoms in total. The molecule has 0 unspecified atom stereocenters. The third kappa shape index (κ3) is 5.15. The minimum atomic E-state index is -0.907. The normalized spacial score (nSPS) is 10.7. The smallest absolute Gasteiger partial charge is 0.335 e. The first-order valence-corrected chi connectivity index (χ1v) is 7.86. The molecule has 0 saturated heterocycles. The second-order valence-corrected chi connectivity index (χ2v) is 6.17. The van der Waals surface area contributed by atoms with Crippen molar-refractivity contribution in [2.45, 2.75) is 20.3 Å². The number of carboxylic acid groups (broad SMARTS) is 1. The van der Waals surface area contributed by atoms with Crippen molar-refractivity contribution < 1.29 is 9.90 Å². The number of hydrogen-bond donors (Lipinski definition) is 2. The maximum atomic E-state index is 10.8. The molecule has 2 aromatic rings. The van der Waals surface area contributed by atoms with Crippen molar-refractivity contribution in [2.75, 3.05) is 0 Å². The number of aromatic carboxylic acids is 1. The van der Waals surface area contributed by atoms with Crippen molar-refractivity contribution in [3.05, 3.63) is 81.3 Å². The zero-order valence-electron chi connectivity index (χ0n) is 13.3. The van der Waals surface area contributed by atoms with Crippen LogP contribution in [0.1, 0.15) is 40.9 Å². The molecule has 0 fully saturated rings. The van der Waals surface area contributed by atoms with E-state index in [1.54, 1.807) is 24.3 Å². The first kappa shape index (κ1) is 17.1. The van der Waals surface area contributed by atoms with Gasteiger partial charge >= 0.3 is 5.97 Å². The third-order valence-corrected chi connectivity index (χ3v) is 4.13. The highest BCUT2D eigenvalue weighted by atomic mass is 32.1. The van der Waals surface area contributed by atoms with E-state index in [4.69, 9.17) is 5.11 Å². The highest BCUT2D eigenvalue weighted by Gasteiger charge is 2.01. The second-order valence-electron chi connectivity index (χ2n) is 5.63. The Balaban J connectivity index is 2.13. The molecule has 0 aliphatic heterocycles. The van der Waals surface area contributed by atoms with Crippen LogP contribution in [-0.2, 0) is 6.42 Å². The Bertz CT molecular complexity index is 751. The Morgan fingerprint density at radius 2 is 1.70 bits per heavy atom. The molecular formula is C20H20O2S. The van der Waals surface area contributed by atoms with E-state index in [2.05, 4.69) is 38.6 Å². The first-order valence-electron chi connectivity index (χ1n) is 7.41. The molecule has 1 N–H and O–H groups in total. The van der Waals surface area contributed by atoms with Gasteiger partial charge < -0.3 is 5.11 Å². The summed E-state index contributed by atoms with van der Waals surface area (Å²) in [5.74, 6) is -0.907. The van der Waals surface area contributed by atoms with E-state index in [9.17, 15) is 4.79 Å². The van der Waals surface area contributed by atoms with Gasteiger partial charge in [-0.2, -0.15) is 0 Å². The first-order chi connectivity index (χ1) is 11.0. The maximum absolute atomic E-state index is 10.8. The van der Waals surface area contributed by atoms with Gasteiger partial charge in [0.2, 0.25) is 0 Å². The van der Waals surface area contributed by atoms with Crippen LogP contribution in [0.15, 0.2) is 59.0 Å². The highest BCUT2D eigenvalue weighted by Crippen LogP contribution is 2.17. The summed E-state index contributed by atoms with van der Waals surface area (Å²) in [7, 11) is 0. The van der Waals surface area contributed by atoms with Crippen molar-refractivity contribution in [3.8, 4) is 0 Å². The molecule has 118 valence electrons. The fraction of sp³-hybridized carbons (Fsp3) is 0.150. The summed E-state index contributed by atoms with van der Waals surface area (Å²) in [6.07, 6.45) is 4.84. The van der Waals surface area contributed by atoms with Crippen LogP contribution in [0.3, 0.4) is 0 Å². The van der Waals surface area contributed by atoms with Gasteiger partial charge in [-0.3, -0.25) is 0 Å². The highest BCUT2D eigenvalue weighted by molar-refractivity contribution is 7.84. The average Bonchev–Trinajstić information content (AvgIpc) is 2.53. The van der Waals surface area contributed by atoms with E-state index in [-0.39, 0.29) is 0 Å². The van der Waals surface area contributed by atoms with Crippen LogP contribution >= 0.6 is 12.6 Å². The molecule has 2 rings (SSSR count). The van der Waals surface area contributed by atoms with Crippen molar-refractivity contribution in [3.63, 3.8) is 0 Å². The van der Waals surface area contributed by atoms with Gasteiger partial charge in [0.1, 0.15) is 0 Å². The standard InChI is InChI=1S/C20H20O2S/c1-14(2)19(23)13-17-5-3-4-16(12-17)7-6-15-8-10-18(11-9-15)20(21)22/h3-12,23H,13H2,1-2H3,(H,21,22). The van der Waals surface area contributed by atoms with Crippen LogP contribution in [0.2, 0.25) is 0 Å². The van der Waals surface area contributed by atoms with Crippen molar-refractivity contribution in [1.82, 2.24) is 0 Å². The van der Waals surface area contributed by atoms with Gasteiger partial charge in [-0.1, -0.05) is 54.1 Å². The lowest BCUT2D eigenvalue weighted by molar-refractivity contribution is 0.0697. The number of allylic oxidation sites excluding steroid dienone is 2. The Morgan fingerprint density at radius 1 is 1.04 bits per heavy atom. The number of thiol groups is 1. The SMILES string of the molecule is CC(C)=C(S)Cc1cccc(C=Cc2ccc(C(=O)O)cc2)c1. The summed E-state index contributed by atoms with van der Waals surface area (Å²) >= 11 is 4.52. The van der Waals surface area contributed by atoms with E-state index in [1.807, 2.05) is 24.3 Å². The molecular weight excluding hydrogens is 304 g/mol. The lowest BCUT2D eigenvalue weighted by Gasteiger charge is -2.05. The molecule has 0 amide bonds. The zero-order chi connectivity index (χ0) is 16.8. The summed E-state index contributed by atoms with van der Waals surface area (Å²) in [5.41, 5.74) is 4.83. The monoisotopic (exact) mass is 324 g/mol. The molecule has 0 atom stereocenters. The Kier molecular flexibility index (Phi) is 5.83. The third-order valence-electron chi connectivity index (χ3n) is 3.53. The topological polar surface area (TPSA) is 37.3 Å². The van der Waals surface area contributed by atoms with Gasteiger partial charge in [0.15, 0.2) is 0 Å². The van der Waals surface area contributed by atoms with Crippen LogP contribution in [0.5, 0.6) is 0 Å². The van der Waals surface area contributed by atoms with Crippen molar-refractivity contribution in [1.29, 1.82) is 0 Å². The average molecular weight is 324 g/mol. The maximum Gasteiger partial charge on any atom is 0.335 e. The summed E-state index contributed by atoms with van der Waals surface area (Å²) < 4.78 is 0. The summed E-state index contributed by atoms with van der Waals surface area (Å²) in [5, 5.41) is 8.90. The molecule has 2 aromatic carbocycles. The van der Waals surface area contributed by atoms with Gasteiger partial charge in [-0.25, -0.2) is 4.79 Å². The number of rotatable bonds is 5. The molecule has 0 saturated carbocycles. The molecule has 0 heterocycles. The predicted molar refractivity (Wildman–Crippen MR) is 99.8 cm³/mol. The lowest BCUT2D eigenvalue weighted by atomic mass is 10.1. The van der Waals surface area contributed by atoms with Crippen LogP contribution in [0.4, 0.5) is 0 Å². The second kappa shape index (κ2) is 7.84. The molecule has 0 bridgehead atoms.